The fourth-order valence-corrected chi connectivity index (χ4v) is 2.86. The van der Waals surface area contributed by atoms with E-state index in [1.807, 2.05) is 0 Å². The van der Waals surface area contributed by atoms with Crippen LogP contribution in [0.5, 0.6) is 0 Å². The van der Waals surface area contributed by atoms with Gasteiger partial charge in [-0.2, -0.15) is 0 Å². The second-order valence-electron chi connectivity index (χ2n) is 5.60. The van der Waals surface area contributed by atoms with E-state index in [0.29, 0.717) is 17.5 Å². The van der Waals surface area contributed by atoms with Crippen LogP contribution in [0.25, 0.3) is 11.1 Å². The van der Waals surface area contributed by atoms with E-state index >= 15 is 0 Å². The summed E-state index contributed by atoms with van der Waals surface area (Å²) in [6.45, 7) is 0. The molecule has 0 aliphatic heterocycles. The molecule has 1 aromatic heterocycles. The molecule has 116 valence electrons. The lowest BCUT2D eigenvalue weighted by Crippen LogP contribution is -2.45. The van der Waals surface area contributed by atoms with Crippen molar-refractivity contribution in [3.8, 4) is 11.1 Å². The minimum atomic E-state index is -0.512. The third kappa shape index (κ3) is 3.04. The highest BCUT2D eigenvalue weighted by Crippen LogP contribution is 2.26. The molecule has 4 nitrogen and oxygen atoms in total. The third-order valence-corrected chi connectivity index (χ3v) is 4.07. The van der Waals surface area contributed by atoms with Gasteiger partial charge in [0.15, 0.2) is 5.76 Å². The molecule has 2 aromatic rings. The number of halogens is 1. The van der Waals surface area contributed by atoms with Crippen molar-refractivity contribution in [2.45, 2.75) is 37.8 Å². The van der Waals surface area contributed by atoms with Gasteiger partial charge in [-0.05, 0) is 36.6 Å². The van der Waals surface area contributed by atoms with Gasteiger partial charge >= 0.3 is 0 Å². The van der Waals surface area contributed by atoms with Crippen molar-refractivity contribution in [1.29, 1.82) is 0 Å². The Morgan fingerprint density at radius 3 is 2.64 bits per heavy atom. The maximum Gasteiger partial charge on any atom is 0.287 e. The van der Waals surface area contributed by atoms with E-state index in [4.69, 9.17) is 4.42 Å². The molecule has 3 rings (SSSR count). The van der Waals surface area contributed by atoms with Gasteiger partial charge in [-0.25, -0.2) is 4.39 Å². The molecular weight excluding hydrogens is 285 g/mol. The lowest BCUT2D eigenvalue weighted by Gasteiger charge is -2.28. The molecule has 0 saturated heterocycles. The number of rotatable bonds is 3. The molecule has 5 heteroatoms. The van der Waals surface area contributed by atoms with E-state index in [-0.39, 0.29) is 23.5 Å². The SMILES string of the molecule is O=C(NC1CCCCC1O)c1occc1-c1ccc(F)cc1. The van der Waals surface area contributed by atoms with E-state index in [0.717, 1.165) is 19.3 Å². The molecule has 1 aliphatic rings. The second-order valence-corrected chi connectivity index (χ2v) is 5.60. The van der Waals surface area contributed by atoms with Crippen LogP contribution in [0.2, 0.25) is 0 Å². The number of nitrogens with one attached hydrogen (secondary N) is 1. The Balaban J connectivity index is 1.79. The first-order valence-corrected chi connectivity index (χ1v) is 7.47. The van der Waals surface area contributed by atoms with Crippen LogP contribution in [-0.2, 0) is 0 Å². The number of furan rings is 1. The minimum absolute atomic E-state index is 0.185. The molecular formula is C17H18FNO3. The Hall–Kier alpha value is -2.14. The fraction of sp³-hybridized carbons (Fsp3) is 0.353. The van der Waals surface area contributed by atoms with Crippen LogP contribution in [-0.4, -0.2) is 23.2 Å². The first-order valence-electron chi connectivity index (χ1n) is 7.47. The molecule has 1 aromatic carbocycles. The van der Waals surface area contributed by atoms with Gasteiger partial charge in [-0.15, -0.1) is 0 Å². The van der Waals surface area contributed by atoms with Gasteiger partial charge in [0.25, 0.3) is 5.91 Å². The average molecular weight is 303 g/mol. The molecule has 2 atom stereocenters. The number of aliphatic hydroxyl groups is 1. The first kappa shape index (κ1) is 14.8. The zero-order valence-electron chi connectivity index (χ0n) is 12.1. The van der Waals surface area contributed by atoms with Gasteiger partial charge in [0.1, 0.15) is 5.82 Å². The summed E-state index contributed by atoms with van der Waals surface area (Å²) in [4.78, 5) is 12.4. The standard InChI is InChI=1S/C17H18FNO3/c18-12-7-5-11(6-8-12)13-9-10-22-16(13)17(21)19-14-3-1-2-4-15(14)20/h5-10,14-15,20H,1-4H2,(H,19,21). The molecule has 1 saturated carbocycles. The Kier molecular flexibility index (Phi) is 4.24. The molecule has 0 bridgehead atoms. The van der Waals surface area contributed by atoms with Crippen molar-refractivity contribution in [2.75, 3.05) is 0 Å². The van der Waals surface area contributed by atoms with Gasteiger partial charge in [0, 0.05) is 5.56 Å². The normalized spacial score (nSPS) is 21.5. The van der Waals surface area contributed by atoms with Crippen LogP contribution >= 0.6 is 0 Å². The summed E-state index contributed by atoms with van der Waals surface area (Å²) >= 11 is 0. The molecule has 1 heterocycles. The Morgan fingerprint density at radius 1 is 1.18 bits per heavy atom. The number of carbonyl (C=O) groups is 1. The third-order valence-electron chi connectivity index (χ3n) is 4.07. The van der Waals surface area contributed by atoms with Gasteiger partial charge in [0.05, 0.1) is 18.4 Å². The molecule has 22 heavy (non-hydrogen) atoms. The molecule has 1 aliphatic carbocycles. The van der Waals surface area contributed by atoms with Gasteiger partial charge in [-0.3, -0.25) is 4.79 Å². The van der Waals surface area contributed by atoms with Crippen molar-refractivity contribution in [3.63, 3.8) is 0 Å². The van der Waals surface area contributed by atoms with E-state index in [9.17, 15) is 14.3 Å². The molecule has 1 amide bonds. The van der Waals surface area contributed by atoms with Crippen LogP contribution in [0, 0.1) is 5.82 Å². The maximum atomic E-state index is 13.0. The maximum absolute atomic E-state index is 13.0. The van der Waals surface area contributed by atoms with Crippen LogP contribution in [0.4, 0.5) is 4.39 Å². The van der Waals surface area contributed by atoms with E-state index in [1.165, 1.54) is 18.4 Å². The summed E-state index contributed by atoms with van der Waals surface area (Å²) in [7, 11) is 0. The molecule has 2 N–H and O–H groups in total. The predicted octanol–water partition coefficient (Wildman–Crippen LogP) is 3.12. The smallest absolute Gasteiger partial charge is 0.287 e. The predicted molar refractivity (Wildman–Crippen MR) is 79.8 cm³/mol. The Labute approximate surface area is 128 Å². The number of carbonyl (C=O) groups excluding carboxylic acids is 1. The van der Waals surface area contributed by atoms with E-state index in [1.54, 1.807) is 18.2 Å². The van der Waals surface area contributed by atoms with Crippen molar-refractivity contribution in [2.24, 2.45) is 0 Å². The molecule has 0 radical (unpaired) electrons. The highest BCUT2D eigenvalue weighted by atomic mass is 19.1. The van der Waals surface area contributed by atoms with Crippen LogP contribution in [0.3, 0.4) is 0 Å². The van der Waals surface area contributed by atoms with Crippen LogP contribution < -0.4 is 5.32 Å². The summed E-state index contributed by atoms with van der Waals surface area (Å²) in [6.07, 6.45) is 4.36. The fourth-order valence-electron chi connectivity index (χ4n) is 2.86. The van der Waals surface area contributed by atoms with Gasteiger partial charge in [0.2, 0.25) is 0 Å². The van der Waals surface area contributed by atoms with Gasteiger partial charge in [-0.1, -0.05) is 25.0 Å². The minimum Gasteiger partial charge on any atom is -0.459 e. The highest BCUT2D eigenvalue weighted by Gasteiger charge is 2.27. The van der Waals surface area contributed by atoms with Crippen molar-refractivity contribution < 1.29 is 18.7 Å². The average Bonchev–Trinajstić information content (AvgIpc) is 3.00. The Morgan fingerprint density at radius 2 is 1.91 bits per heavy atom. The highest BCUT2D eigenvalue weighted by molar-refractivity contribution is 5.98. The van der Waals surface area contributed by atoms with Crippen molar-refractivity contribution >= 4 is 5.91 Å². The number of aliphatic hydroxyl groups excluding tert-OH is 1. The first-order chi connectivity index (χ1) is 10.6. The van der Waals surface area contributed by atoms with E-state index < -0.39 is 6.10 Å². The van der Waals surface area contributed by atoms with Gasteiger partial charge < -0.3 is 14.8 Å². The zero-order valence-corrected chi connectivity index (χ0v) is 12.1. The second kappa shape index (κ2) is 6.32. The monoisotopic (exact) mass is 303 g/mol. The topological polar surface area (TPSA) is 62.5 Å². The molecule has 0 spiro atoms. The lowest BCUT2D eigenvalue weighted by atomic mass is 9.92. The number of hydrogen-bond donors (Lipinski definition) is 2. The Bertz CT molecular complexity index is 650. The largest absolute Gasteiger partial charge is 0.459 e. The number of benzene rings is 1. The van der Waals surface area contributed by atoms with Crippen LogP contribution in [0.15, 0.2) is 41.0 Å². The lowest BCUT2D eigenvalue weighted by molar-refractivity contribution is 0.0699. The van der Waals surface area contributed by atoms with E-state index in [2.05, 4.69) is 5.32 Å². The van der Waals surface area contributed by atoms with Crippen LogP contribution in [0.1, 0.15) is 36.2 Å². The summed E-state index contributed by atoms with van der Waals surface area (Å²) < 4.78 is 18.3. The van der Waals surface area contributed by atoms with Crippen molar-refractivity contribution in [1.82, 2.24) is 5.32 Å². The summed E-state index contributed by atoms with van der Waals surface area (Å²) in [5, 5.41) is 12.8. The zero-order chi connectivity index (χ0) is 15.5. The number of amides is 1. The summed E-state index contributed by atoms with van der Waals surface area (Å²) in [6, 6.07) is 7.33. The molecule has 2 unspecified atom stereocenters. The number of hydrogen-bond acceptors (Lipinski definition) is 3. The quantitative estimate of drug-likeness (QED) is 0.915. The molecule has 1 fully saturated rings. The summed E-state index contributed by atoms with van der Waals surface area (Å²) in [5.74, 6) is -0.497. The van der Waals surface area contributed by atoms with Crippen molar-refractivity contribution in [3.05, 3.63) is 48.2 Å². The summed E-state index contributed by atoms with van der Waals surface area (Å²) in [5.41, 5.74) is 1.33.